The average molecular weight is 252 g/mol. The van der Waals surface area contributed by atoms with Crippen molar-refractivity contribution in [2.45, 2.75) is 30.8 Å². The molecular weight excluding hydrogens is 232 g/mol. The summed E-state index contributed by atoms with van der Waals surface area (Å²) < 4.78 is 5.31. The van der Waals surface area contributed by atoms with Crippen LogP contribution in [0.4, 0.5) is 0 Å². The maximum absolute atomic E-state index is 10.1. The van der Waals surface area contributed by atoms with E-state index in [1.165, 1.54) is 10.5 Å². The van der Waals surface area contributed by atoms with Crippen molar-refractivity contribution in [3.8, 4) is 0 Å². The third kappa shape index (κ3) is 3.73. The van der Waals surface area contributed by atoms with Gasteiger partial charge in [-0.2, -0.15) is 0 Å². The lowest BCUT2D eigenvalue weighted by Crippen LogP contribution is -2.28. The van der Waals surface area contributed by atoms with E-state index in [2.05, 4.69) is 25.1 Å². The molecule has 0 spiro atoms. The molecule has 1 heterocycles. The van der Waals surface area contributed by atoms with E-state index in [0.717, 1.165) is 31.8 Å². The smallest absolute Gasteiger partial charge is 0.0663 e. The zero-order valence-corrected chi connectivity index (χ0v) is 11.1. The van der Waals surface area contributed by atoms with Gasteiger partial charge in [-0.05, 0) is 37.3 Å². The third-order valence-corrected chi connectivity index (χ3v) is 4.59. The number of ether oxygens (including phenoxy) is 1. The lowest BCUT2D eigenvalue weighted by Gasteiger charge is -2.26. The molecule has 94 valence electrons. The van der Waals surface area contributed by atoms with E-state index >= 15 is 0 Å². The van der Waals surface area contributed by atoms with Gasteiger partial charge in [-0.3, -0.25) is 0 Å². The molecular formula is C14H20O2S. The lowest BCUT2D eigenvalue weighted by molar-refractivity contribution is 0.0169. The first-order chi connectivity index (χ1) is 8.27. The van der Waals surface area contributed by atoms with Crippen molar-refractivity contribution in [3.63, 3.8) is 0 Å². The highest BCUT2D eigenvalue weighted by atomic mass is 32.2. The Hall–Kier alpha value is -0.510. The van der Waals surface area contributed by atoms with Gasteiger partial charge < -0.3 is 9.84 Å². The first-order valence-corrected chi connectivity index (χ1v) is 7.20. The van der Waals surface area contributed by atoms with Crippen molar-refractivity contribution < 1.29 is 9.84 Å². The Balaban J connectivity index is 1.83. The molecule has 1 N–H and O–H groups in total. The Bertz CT molecular complexity index is 348. The number of rotatable bonds is 4. The number of aryl methyl sites for hydroxylation is 1. The predicted octanol–water partition coefficient (Wildman–Crippen LogP) is 2.87. The highest BCUT2D eigenvalue weighted by molar-refractivity contribution is 7.99. The first kappa shape index (κ1) is 12.9. The summed E-state index contributed by atoms with van der Waals surface area (Å²) in [5.41, 5.74) is 1.29. The minimum Gasteiger partial charge on any atom is -0.392 e. The van der Waals surface area contributed by atoms with Crippen LogP contribution in [0.2, 0.25) is 0 Å². The SMILES string of the molecule is Cc1ccccc1SCC(O)C1CCOCC1. The number of benzene rings is 1. The fraction of sp³-hybridized carbons (Fsp3) is 0.571. The molecule has 0 aromatic heterocycles. The van der Waals surface area contributed by atoms with E-state index in [1.807, 2.05) is 6.07 Å². The van der Waals surface area contributed by atoms with Crippen molar-refractivity contribution >= 4 is 11.8 Å². The van der Waals surface area contributed by atoms with Crippen LogP contribution in [-0.4, -0.2) is 30.2 Å². The average Bonchev–Trinajstić information content (AvgIpc) is 2.38. The topological polar surface area (TPSA) is 29.5 Å². The Labute approximate surface area is 107 Å². The fourth-order valence-electron chi connectivity index (χ4n) is 2.13. The van der Waals surface area contributed by atoms with Crippen molar-refractivity contribution in [1.82, 2.24) is 0 Å². The summed E-state index contributed by atoms with van der Waals surface area (Å²) in [6.45, 7) is 3.72. The summed E-state index contributed by atoms with van der Waals surface area (Å²) in [4.78, 5) is 1.28. The normalized spacial score (nSPS) is 19.2. The van der Waals surface area contributed by atoms with Crippen LogP contribution in [0, 0.1) is 12.8 Å². The number of hydrogen-bond acceptors (Lipinski definition) is 3. The molecule has 1 aliphatic rings. The van der Waals surface area contributed by atoms with Crippen LogP contribution in [0.15, 0.2) is 29.2 Å². The summed E-state index contributed by atoms with van der Waals surface area (Å²) in [5, 5.41) is 10.1. The van der Waals surface area contributed by atoms with Crippen molar-refractivity contribution in [2.24, 2.45) is 5.92 Å². The molecule has 2 rings (SSSR count). The highest BCUT2D eigenvalue weighted by Crippen LogP contribution is 2.27. The Morgan fingerprint density at radius 1 is 1.35 bits per heavy atom. The molecule has 1 unspecified atom stereocenters. The molecule has 1 atom stereocenters. The Morgan fingerprint density at radius 3 is 2.76 bits per heavy atom. The predicted molar refractivity (Wildman–Crippen MR) is 71.5 cm³/mol. The van der Waals surface area contributed by atoms with Crippen LogP contribution in [0.25, 0.3) is 0 Å². The van der Waals surface area contributed by atoms with Gasteiger partial charge in [0.15, 0.2) is 0 Å². The second kappa shape index (κ2) is 6.43. The van der Waals surface area contributed by atoms with Crippen LogP contribution in [0.5, 0.6) is 0 Å². The number of hydrogen-bond donors (Lipinski definition) is 1. The van der Waals surface area contributed by atoms with Gasteiger partial charge in [0, 0.05) is 23.9 Å². The minimum atomic E-state index is -0.205. The molecule has 0 bridgehead atoms. The quantitative estimate of drug-likeness (QED) is 0.836. The zero-order chi connectivity index (χ0) is 12.1. The van der Waals surface area contributed by atoms with E-state index in [4.69, 9.17) is 4.74 Å². The molecule has 2 nitrogen and oxygen atoms in total. The van der Waals surface area contributed by atoms with Gasteiger partial charge in [-0.15, -0.1) is 11.8 Å². The maximum Gasteiger partial charge on any atom is 0.0663 e. The highest BCUT2D eigenvalue weighted by Gasteiger charge is 2.22. The Morgan fingerprint density at radius 2 is 2.06 bits per heavy atom. The molecule has 1 saturated heterocycles. The summed E-state index contributed by atoms with van der Waals surface area (Å²) in [5.74, 6) is 1.20. The summed E-state index contributed by atoms with van der Waals surface area (Å²) >= 11 is 1.76. The molecule has 0 radical (unpaired) electrons. The molecule has 1 aromatic rings. The zero-order valence-electron chi connectivity index (χ0n) is 10.3. The molecule has 0 saturated carbocycles. The van der Waals surface area contributed by atoms with Crippen LogP contribution in [0.3, 0.4) is 0 Å². The molecule has 1 aromatic carbocycles. The second-order valence-electron chi connectivity index (χ2n) is 4.59. The van der Waals surface area contributed by atoms with Crippen LogP contribution in [-0.2, 0) is 4.74 Å². The Kier molecular flexibility index (Phi) is 4.89. The molecule has 17 heavy (non-hydrogen) atoms. The number of aliphatic hydroxyl groups excluding tert-OH is 1. The van der Waals surface area contributed by atoms with Crippen LogP contribution in [0.1, 0.15) is 18.4 Å². The van der Waals surface area contributed by atoms with Crippen molar-refractivity contribution in [1.29, 1.82) is 0 Å². The summed E-state index contributed by atoms with van der Waals surface area (Å²) in [7, 11) is 0. The monoisotopic (exact) mass is 252 g/mol. The molecule has 3 heteroatoms. The second-order valence-corrected chi connectivity index (χ2v) is 5.66. The lowest BCUT2D eigenvalue weighted by atomic mass is 9.95. The minimum absolute atomic E-state index is 0.205. The van der Waals surface area contributed by atoms with E-state index in [1.54, 1.807) is 11.8 Å². The molecule has 1 aliphatic heterocycles. The van der Waals surface area contributed by atoms with Crippen LogP contribution >= 0.6 is 11.8 Å². The molecule has 1 fully saturated rings. The molecule has 0 amide bonds. The van der Waals surface area contributed by atoms with E-state index in [0.29, 0.717) is 5.92 Å². The third-order valence-electron chi connectivity index (χ3n) is 3.31. The van der Waals surface area contributed by atoms with Gasteiger partial charge in [0.05, 0.1) is 6.10 Å². The van der Waals surface area contributed by atoms with E-state index < -0.39 is 0 Å². The van der Waals surface area contributed by atoms with E-state index in [9.17, 15) is 5.11 Å². The largest absolute Gasteiger partial charge is 0.392 e. The molecule has 0 aliphatic carbocycles. The number of aliphatic hydroxyl groups is 1. The standard InChI is InChI=1S/C14H20O2S/c1-11-4-2-3-5-14(11)17-10-13(15)12-6-8-16-9-7-12/h2-5,12-13,15H,6-10H2,1H3. The van der Waals surface area contributed by atoms with Gasteiger partial charge >= 0.3 is 0 Å². The maximum atomic E-state index is 10.1. The first-order valence-electron chi connectivity index (χ1n) is 6.21. The van der Waals surface area contributed by atoms with Gasteiger partial charge in [0.2, 0.25) is 0 Å². The van der Waals surface area contributed by atoms with Gasteiger partial charge in [0.1, 0.15) is 0 Å². The summed E-state index contributed by atoms with van der Waals surface area (Å²) in [6, 6.07) is 8.34. The summed E-state index contributed by atoms with van der Waals surface area (Å²) in [6.07, 6.45) is 1.79. The van der Waals surface area contributed by atoms with Crippen LogP contribution < -0.4 is 0 Å². The van der Waals surface area contributed by atoms with Gasteiger partial charge in [-0.1, -0.05) is 18.2 Å². The van der Waals surface area contributed by atoms with Crippen molar-refractivity contribution in [3.05, 3.63) is 29.8 Å². The van der Waals surface area contributed by atoms with Gasteiger partial charge in [-0.25, -0.2) is 0 Å². The number of thioether (sulfide) groups is 1. The fourth-order valence-corrected chi connectivity index (χ4v) is 3.22. The van der Waals surface area contributed by atoms with Gasteiger partial charge in [0.25, 0.3) is 0 Å². The van der Waals surface area contributed by atoms with Crippen molar-refractivity contribution in [2.75, 3.05) is 19.0 Å². The van der Waals surface area contributed by atoms with E-state index in [-0.39, 0.29) is 6.10 Å².